The van der Waals surface area contributed by atoms with E-state index in [9.17, 15) is 9.59 Å². The molecule has 138 valence electrons. The van der Waals surface area contributed by atoms with Crippen LogP contribution in [0, 0.1) is 27.7 Å². The number of benzene rings is 1. The van der Waals surface area contributed by atoms with Crippen LogP contribution in [0.25, 0.3) is 0 Å². The molecule has 0 aliphatic carbocycles. The van der Waals surface area contributed by atoms with E-state index in [1.165, 1.54) is 5.56 Å². The third-order valence-electron chi connectivity index (χ3n) is 4.98. The summed E-state index contributed by atoms with van der Waals surface area (Å²) in [5.74, 6) is 0.171. The lowest BCUT2D eigenvalue weighted by Gasteiger charge is -2.35. The highest BCUT2D eigenvalue weighted by molar-refractivity contribution is 7.11. The van der Waals surface area contributed by atoms with Gasteiger partial charge in [-0.05, 0) is 51.0 Å². The summed E-state index contributed by atoms with van der Waals surface area (Å²) in [6.07, 6.45) is 0.405. The van der Waals surface area contributed by atoms with Crippen LogP contribution < -0.4 is 0 Å². The molecule has 3 rings (SSSR count). The second kappa shape index (κ2) is 7.58. The standard InChI is InChI=1S/C20H25N3O2S/c1-13-5-6-17(11-14(13)2)20(25)23-9-7-22(8-10-23)19(24)12-18-15(3)21-16(4)26-18/h5-6,11H,7-10,12H2,1-4H3. The lowest BCUT2D eigenvalue weighted by atomic mass is 10.1. The molecule has 1 saturated heterocycles. The Bertz CT molecular complexity index is 836. The second-order valence-corrected chi connectivity index (χ2v) is 8.18. The fraction of sp³-hybridized carbons (Fsp3) is 0.450. The Kier molecular flexibility index (Phi) is 5.41. The molecule has 0 radical (unpaired) electrons. The van der Waals surface area contributed by atoms with E-state index in [-0.39, 0.29) is 11.8 Å². The number of rotatable bonds is 3. The van der Waals surface area contributed by atoms with Gasteiger partial charge in [0.1, 0.15) is 0 Å². The summed E-state index contributed by atoms with van der Waals surface area (Å²) in [4.78, 5) is 34.4. The van der Waals surface area contributed by atoms with Crippen LogP contribution in [0.15, 0.2) is 18.2 Å². The van der Waals surface area contributed by atoms with Crippen LogP contribution in [0.2, 0.25) is 0 Å². The minimum Gasteiger partial charge on any atom is -0.339 e. The first-order chi connectivity index (χ1) is 12.3. The van der Waals surface area contributed by atoms with Gasteiger partial charge in [0, 0.05) is 36.6 Å². The molecule has 1 aromatic heterocycles. The van der Waals surface area contributed by atoms with Crippen molar-refractivity contribution in [1.29, 1.82) is 0 Å². The summed E-state index contributed by atoms with van der Waals surface area (Å²) in [6.45, 7) is 10.3. The average Bonchev–Trinajstić information content (AvgIpc) is 2.94. The minimum atomic E-state index is 0.0501. The van der Waals surface area contributed by atoms with E-state index in [1.54, 1.807) is 11.3 Å². The second-order valence-electron chi connectivity index (χ2n) is 6.89. The van der Waals surface area contributed by atoms with Crippen molar-refractivity contribution in [3.05, 3.63) is 50.5 Å². The largest absolute Gasteiger partial charge is 0.339 e. The van der Waals surface area contributed by atoms with Crippen LogP contribution in [0.3, 0.4) is 0 Å². The number of piperazine rings is 1. The molecule has 1 aliphatic heterocycles. The number of amides is 2. The number of hydrogen-bond acceptors (Lipinski definition) is 4. The van der Waals surface area contributed by atoms with E-state index >= 15 is 0 Å². The molecular weight excluding hydrogens is 346 g/mol. The SMILES string of the molecule is Cc1nc(C)c(CC(=O)N2CCN(C(=O)c3ccc(C)c(C)c3)CC2)s1. The van der Waals surface area contributed by atoms with E-state index in [1.807, 2.05) is 55.7 Å². The quantitative estimate of drug-likeness (QED) is 0.834. The summed E-state index contributed by atoms with van der Waals surface area (Å²) >= 11 is 1.59. The molecule has 0 N–H and O–H groups in total. The molecule has 1 fully saturated rings. The summed E-state index contributed by atoms with van der Waals surface area (Å²) in [5.41, 5.74) is 3.98. The molecule has 0 bridgehead atoms. The van der Waals surface area contributed by atoms with Crippen molar-refractivity contribution in [2.45, 2.75) is 34.1 Å². The van der Waals surface area contributed by atoms with E-state index < -0.39 is 0 Å². The summed E-state index contributed by atoms with van der Waals surface area (Å²) in [7, 11) is 0. The highest BCUT2D eigenvalue weighted by Crippen LogP contribution is 2.19. The number of carbonyl (C=O) groups excluding carboxylic acids is 2. The van der Waals surface area contributed by atoms with Gasteiger partial charge < -0.3 is 9.80 Å². The van der Waals surface area contributed by atoms with Crippen molar-refractivity contribution < 1.29 is 9.59 Å². The van der Waals surface area contributed by atoms with Gasteiger partial charge >= 0.3 is 0 Å². The van der Waals surface area contributed by atoms with Crippen LogP contribution in [0.1, 0.15) is 37.1 Å². The number of thiazole rings is 1. The van der Waals surface area contributed by atoms with Crippen molar-refractivity contribution in [2.24, 2.45) is 0 Å². The number of aryl methyl sites for hydroxylation is 4. The van der Waals surface area contributed by atoms with Gasteiger partial charge in [-0.2, -0.15) is 0 Å². The van der Waals surface area contributed by atoms with Gasteiger partial charge in [0.2, 0.25) is 5.91 Å². The molecule has 0 saturated carbocycles. The Labute approximate surface area is 158 Å². The van der Waals surface area contributed by atoms with Crippen molar-refractivity contribution in [2.75, 3.05) is 26.2 Å². The van der Waals surface area contributed by atoms with E-state index in [0.717, 1.165) is 26.7 Å². The normalized spacial score (nSPS) is 14.6. The van der Waals surface area contributed by atoms with Gasteiger partial charge in [0.05, 0.1) is 17.1 Å². The smallest absolute Gasteiger partial charge is 0.253 e. The average molecular weight is 372 g/mol. The van der Waals surface area contributed by atoms with E-state index in [2.05, 4.69) is 4.98 Å². The Hall–Kier alpha value is -2.21. The lowest BCUT2D eigenvalue weighted by molar-refractivity contribution is -0.131. The first kappa shape index (κ1) is 18.6. The molecule has 0 atom stereocenters. The Morgan fingerprint density at radius 1 is 1.00 bits per heavy atom. The number of carbonyl (C=O) groups is 2. The first-order valence-electron chi connectivity index (χ1n) is 8.92. The van der Waals surface area contributed by atoms with Gasteiger partial charge in [0.25, 0.3) is 5.91 Å². The highest BCUT2D eigenvalue weighted by Gasteiger charge is 2.25. The molecule has 2 heterocycles. The van der Waals surface area contributed by atoms with Crippen molar-refractivity contribution in [3.63, 3.8) is 0 Å². The molecule has 2 amide bonds. The van der Waals surface area contributed by atoms with Crippen LogP contribution in [0.4, 0.5) is 0 Å². The predicted octanol–water partition coefficient (Wildman–Crippen LogP) is 2.90. The van der Waals surface area contributed by atoms with E-state index in [0.29, 0.717) is 32.6 Å². The summed E-state index contributed by atoms with van der Waals surface area (Å²) in [5, 5.41) is 0.995. The topological polar surface area (TPSA) is 53.5 Å². The van der Waals surface area contributed by atoms with E-state index in [4.69, 9.17) is 0 Å². The monoisotopic (exact) mass is 371 g/mol. The molecule has 5 nitrogen and oxygen atoms in total. The fourth-order valence-corrected chi connectivity index (χ4v) is 4.13. The van der Waals surface area contributed by atoms with Gasteiger partial charge in [-0.3, -0.25) is 9.59 Å². The molecule has 6 heteroatoms. The zero-order chi connectivity index (χ0) is 18.8. The maximum absolute atomic E-state index is 12.7. The van der Waals surface area contributed by atoms with Crippen LogP contribution in [-0.2, 0) is 11.2 Å². The van der Waals surface area contributed by atoms with Gasteiger partial charge in [-0.1, -0.05) is 6.07 Å². The van der Waals surface area contributed by atoms with Crippen molar-refractivity contribution >= 4 is 23.2 Å². The molecule has 26 heavy (non-hydrogen) atoms. The minimum absolute atomic E-state index is 0.0501. The van der Waals surface area contributed by atoms with Gasteiger partial charge in [0.15, 0.2) is 0 Å². The van der Waals surface area contributed by atoms with Gasteiger partial charge in [-0.15, -0.1) is 11.3 Å². The number of nitrogens with zero attached hydrogens (tertiary/aromatic N) is 3. The molecule has 1 aromatic carbocycles. The van der Waals surface area contributed by atoms with Crippen molar-refractivity contribution in [1.82, 2.24) is 14.8 Å². The molecule has 1 aliphatic rings. The Morgan fingerprint density at radius 3 is 2.23 bits per heavy atom. The summed E-state index contributed by atoms with van der Waals surface area (Å²) in [6, 6.07) is 5.82. The third-order valence-corrected chi connectivity index (χ3v) is 6.06. The van der Waals surface area contributed by atoms with Gasteiger partial charge in [-0.25, -0.2) is 4.98 Å². The maximum atomic E-state index is 12.7. The van der Waals surface area contributed by atoms with Crippen LogP contribution >= 0.6 is 11.3 Å². The fourth-order valence-electron chi connectivity index (χ4n) is 3.20. The number of aromatic nitrogens is 1. The van der Waals surface area contributed by atoms with Crippen LogP contribution in [0.5, 0.6) is 0 Å². The highest BCUT2D eigenvalue weighted by atomic mass is 32.1. The third kappa shape index (κ3) is 3.96. The molecule has 2 aromatic rings. The molecular formula is C20H25N3O2S. The predicted molar refractivity (Wildman–Crippen MR) is 104 cm³/mol. The number of hydrogen-bond donors (Lipinski definition) is 0. The molecule has 0 spiro atoms. The summed E-state index contributed by atoms with van der Waals surface area (Å²) < 4.78 is 0. The van der Waals surface area contributed by atoms with Crippen LogP contribution in [-0.4, -0.2) is 52.8 Å². The zero-order valence-electron chi connectivity index (χ0n) is 15.8. The Balaban J connectivity index is 1.58. The Morgan fingerprint density at radius 2 is 1.65 bits per heavy atom. The lowest BCUT2D eigenvalue weighted by Crippen LogP contribution is -2.51. The zero-order valence-corrected chi connectivity index (χ0v) is 16.7. The van der Waals surface area contributed by atoms with Crippen molar-refractivity contribution in [3.8, 4) is 0 Å². The molecule has 0 unspecified atom stereocenters. The first-order valence-corrected chi connectivity index (χ1v) is 9.74. The maximum Gasteiger partial charge on any atom is 0.253 e.